The smallest absolute Gasteiger partial charge is 0.0441 e. The molecular formula is C17H20ClNS. The van der Waals surface area contributed by atoms with E-state index in [2.05, 4.69) is 34.3 Å². The van der Waals surface area contributed by atoms with Crippen LogP contribution in [-0.4, -0.2) is 12.6 Å². The summed E-state index contributed by atoms with van der Waals surface area (Å²) in [5.41, 5.74) is 2.73. The Labute approximate surface area is 130 Å². The van der Waals surface area contributed by atoms with Gasteiger partial charge in [-0.1, -0.05) is 29.8 Å². The number of hydrogen-bond donors (Lipinski definition) is 1. The van der Waals surface area contributed by atoms with Gasteiger partial charge in [0.15, 0.2) is 0 Å². The van der Waals surface area contributed by atoms with Crippen molar-refractivity contribution in [3.8, 4) is 0 Å². The van der Waals surface area contributed by atoms with Gasteiger partial charge >= 0.3 is 0 Å². The average molecular weight is 306 g/mol. The molecule has 0 aliphatic heterocycles. The summed E-state index contributed by atoms with van der Waals surface area (Å²) in [6.45, 7) is 1.04. The third-order valence-electron chi connectivity index (χ3n) is 3.94. The average Bonchev–Trinajstić information content (AvgIpc) is 3.14. The van der Waals surface area contributed by atoms with E-state index in [1.54, 1.807) is 11.3 Å². The van der Waals surface area contributed by atoms with Gasteiger partial charge in [-0.2, -0.15) is 11.3 Å². The maximum absolute atomic E-state index is 6.38. The van der Waals surface area contributed by atoms with Gasteiger partial charge in [0.25, 0.3) is 0 Å². The topological polar surface area (TPSA) is 12.0 Å². The maximum atomic E-state index is 6.38. The van der Waals surface area contributed by atoms with Crippen molar-refractivity contribution in [1.82, 2.24) is 5.32 Å². The van der Waals surface area contributed by atoms with Crippen LogP contribution in [0.2, 0.25) is 5.02 Å². The molecule has 0 radical (unpaired) electrons. The van der Waals surface area contributed by atoms with E-state index in [-0.39, 0.29) is 0 Å². The Balaban J connectivity index is 1.67. The first kappa shape index (κ1) is 14.1. The molecule has 1 fully saturated rings. The van der Waals surface area contributed by atoms with Crippen molar-refractivity contribution in [2.24, 2.45) is 0 Å². The van der Waals surface area contributed by atoms with Gasteiger partial charge < -0.3 is 5.32 Å². The Hall–Kier alpha value is -0.830. The molecule has 2 aromatic rings. The number of nitrogens with one attached hydrogen (secondary N) is 1. The summed E-state index contributed by atoms with van der Waals surface area (Å²) in [5, 5.41) is 8.96. The number of aryl methyl sites for hydroxylation is 1. The Kier molecular flexibility index (Phi) is 4.77. The minimum atomic E-state index is 0.504. The summed E-state index contributed by atoms with van der Waals surface area (Å²) in [7, 11) is 0. The molecule has 1 saturated carbocycles. The molecule has 106 valence electrons. The van der Waals surface area contributed by atoms with E-state index >= 15 is 0 Å². The summed E-state index contributed by atoms with van der Waals surface area (Å²) < 4.78 is 0. The predicted molar refractivity (Wildman–Crippen MR) is 87.9 cm³/mol. The minimum absolute atomic E-state index is 0.504. The quantitative estimate of drug-likeness (QED) is 0.769. The Bertz CT molecular complexity index is 534. The molecule has 1 atom stereocenters. The molecule has 1 aliphatic rings. The van der Waals surface area contributed by atoms with Gasteiger partial charge in [0.05, 0.1) is 0 Å². The highest BCUT2D eigenvalue weighted by Crippen LogP contribution is 2.29. The Morgan fingerprint density at radius 1 is 1.25 bits per heavy atom. The molecule has 0 bridgehead atoms. The van der Waals surface area contributed by atoms with Crippen molar-refractivity contribution in [2.75, 3.05) is 6.54 Å². The monoisotopic (exact) mass is 305 g/mol. The van der Waals surface area contributed by atoms with Gasteiger partial charge in [-0.3, -0.25) is 0 Å². The lowest BCUT2D eigenvalue weighted by Crippen LogP contribution is -2.24. The lowest BCUT2D eigenvalue weighted by Gasteiger charge is -2.19. The Morgan fingerprint density at radius 3 is 2.80 bits per heavy atom. The highest BCUT2D eigenvalue weighted by atomic mass is 35.5. The summed E-state index contributed by atoms with van der Waals surface area (Å²) >= 11 is 8.16. The summed E-state index contributed by atoms with van der Waals surface area (Å²) in [6, 6.07) is 11.3. The molecule has 1 heterocycles. The molecule has 20 heavy (non-hydrogen) atoms. The molecule has 0 saturated heterocycles. The van der Waals surface area contributed by atoms with Crippen LogP contribution in [0.15, 0.2) is 41.1 Å². The SMILES string of the molecule is Clc1ccccc1C(CCc1ccsc1)CNC1CC1. The van der Waals surface area contributed by atoms with Crippen LogP contribution in [-0.2, 0) is 6.42 Å². The fourth-order valence-electron chi connectivity index (χ4n) is 2.55. The molecule has 0 spiro atoms. The third-order valence-corrected chi connectivity index (χ3v) is 5.01. The third kappa shape index (κ3) is 3.85. The first-order valence-electron chi connectivity index (χ1n) is 7.32. The normalized spacial score (nSPS) is 16.2. The van der Waals surface area contributed by atoms with Crippen LogP contribution in [0.1, 0.15) is 36.3 Å². The standard InChI is InChI=1S/C17H20ClNS/c18-17-4-2-1-3-16(17)14(11-19-15-7-8-15)6-5-13-9-10-20-12-13/h1-4,9-10,12,14-15,19H,5-8,11H2. The van der Waals surface area contributed by atoms with Crippen LogP contribution in [0.5, 0.6) is 0 Å². The molecule has 1 aliphatic carbocycles. The zero-order valence-corrected chi connectivity index (χ0v) is 13.1. The molecule has 3 heteroatoms. The van der Waals surface area contributed by atoms with Crippen LogP contribution in [0.25, 0.3) is 0 Å². The first-order chi connectivity index (χ1) is 9.83. The van der Waals surface area contributed by atoms with E-state index in [0.717, 1.165) is 30.5 Å². The van der Waals surface area contributed by atoms with Gasteiger partial charge in [0.1, 0.15) is 0 Å². The second-order valence-electron chi connectivity index (χ2n) is 5.57. The Morgan fingerprint density at radius 2 is 2.10 bits per heavy atom. The molecular weight excluding hydrogens is 286 g/mol. The van der Waals surface area contributed by atoms with E-state index < -0.39 is 0 Å². The van der Waals surface area contributed by atoms with Crippen molar-refractivity contribution in [2.45, 2.75) is 37.6 Å². The molecule has 1 aromatic heterocycles. The van der Waals surface area contributed by atoms with Crippen LogP contribution in [0, 0.1) is 0 Å². The minimum Gasteiger partial charge on any atom is -0.313 e. The van der Waals surface area contributed by atoms with E-state index in [1.807, 2.05) is 12.1 Å². The lowest BCUT2D eigenvalue weighted by atomic mass is 9.92. The number of hydrogen-bond acceptors (Lipinski definition) is 2. The second-order valence-corrected chi connectivity index (χ2v) is 6.76. The molecule has 0 amide bonds. The van der Waals surface area contributed by atoms with Crippen molar-refractivity contribution >= 4 is 22.9 Å². The highest BCUT2D eigenvalue weighted by Gasteiger charge is 2.23. The maximum Gasteiger partial charge on any atom is 0.0441 e. The summed E-state index contributed by atoms with van der Waals surface area (Å²) in [4.78, 5) is 0. The van der Waals surface area contributed by atoms with E-state index in [9.17, 15) is 0 Å². The molecule has 1 unspecified atom stereocenters. The van der Waals surface area contributed by atoms with Crippen molar-refractivity contribution < 1.29 is 0 Å². The lowest BCUT2D eigenvalue weighted by molar-refractivity contribution is 0.548. The second kappa shape index (κ2) is 6.75. The van der Waals surface area contributed by atoms with Gasteiger partial charge in [0, 0.05) is 17.6 Å². The van der Waals surface area contributed by atoms with Crippen LogP contribution >= 0.6 is 22.9 Å². The van der Waals surface area contributed by atoms with Gasteiger partial charge in [-0.15, -0.1) is 0 Å². The van der Waals surface area contributed by atoms with Crippen LogP contribution in [0.3, 0.4) is 0 Å². The van der Waals surface area contributed by atoms with Crippen molar-refractivity contribution in [1.29, 1.82) is 0 Å². The van der Waals surface area contributed by atoms with E-state index in [1.165, 1.54) is 24.0 Å². The molecule has 3 rings (SSSR count). The van der Waals surface area contributed by atoms with Crippen LogP contribution in [0.4, 0.5) is 0 Å². The van der Waals surface area contributed by atoms with E-state index in [0.29, 0.717) is 5.92 Å². The zero-order valence-electron chi connectivity index (χ0n) is 11.5. The number of thiophene rings is 1. The largest absolute Gasteiger partial charge is 0.313 e. The van der Waals surface area contributed by atoms with Crippen LogP contribution < -0.4 is 5.32 Å². The number of rotatable bonds is 7. The van der Waals surface area contributed by atoms with Gasteiger partial charge in [-0.25, -0.2) is 0 Å². The summed E-state index contributed by atoms with van der Waals surface area (Å²) in [6.07, 6.45) is 4.95. The fourth-order valence-corrected chi connectivity index (χ4v) is 3.54. The predicted octanol–water partition coefficient (Wildman–Crippen LogP) is 4.87. The molecule has 1 aromatic carbocycles. The van der Waals surface area contributed by atoms with E-state index in [4.69, 9.17) is 11.6 Å². The highest BCUT2D eigenvalue weighted by molar-refractivity contribution is 7.07. The number of benzene rings is 1. The first-order valence-corrected chi connectivity index (χ1v) is 8.64. The van der Waals surface area contributed by atoms with Crippen molar-refractivity contribution in [3.63, 3.8) is 0 Å². The summed E-state index contributed by atoms with van der Waals surface area (Å²) in [5.74, 6) is 0.504. The molecule has 1 N–H and O–H groups in total. The zero-order chi connectivity index (χ0) is 13.8. The van der Waals surface area contributed by atoms with Gasteiger partial charge in [-0.05, 0) is 65.6 Å². The number of halogens is 1. The van der Waals surface area contributed by atoms with Gasteiger partial charge in [0.2, 0.25) is 0 Å². The van der Waals surface area contributed by atoms with Crippen molar-refractivity contribution in [3.05, 3.63) is 57.2 Å². The fraction of sp³-hybridized carbons (Fsp3) is 0.412. The molecule has 1 nitrogen and oxygen atoms in total.